The summed E-state index contributed by atoms with van der Waals surface area (Å²) in [5, 5.41) is 8.68. The van der Waals surface area contributed by atoms with Crippen LogP contribution in [0.2, 0.25) is 0 Å². The standard InChI is InChI=1S/C7H15NO3/c1-4-5(2)7(8,11-3)6(9)10/h5H,4,8H2,1-3H3,(H,9,10)/t5-,7+/m0/s1. The molecular weight excluding hydrogens is 146 g/mol. The van der Waals surface area contributed by atoms with Gasteiger partial charge >= 0.3 is 5.97 Å². The van der Waals surface area contributed by atoms with Crippen LogP contribution in [0.3, 0.4) is 0 Å². The Hall–Kier alpha value is -0.610. The molecule has 0 bridgehead atoms. The summed E-state index contributed by atoms with van der Waals surface area (Å²) in [7, 11) is 1.31. The molecule has 11 heavy (non-hydrogen) atoms. The maximum atomic E-state index is 10.6. The number of hydrogen-bond acceptors (Lipinski definition) is 3. The lowest BCUT2D eigenvalue weighted by molar-refractivity contribution is -0.168. The second-order valence-electron chi connectivity index (χ2n) is 2.61. The van der Waals surface area contributed by atoms with Gasteiger partial charge in [0.2, 0.25) is 5.72 Å². The topological polar surface area (TPSA) is 72.5 Å². The lowest BCUT2D eigenvalue weighted by Gasteiger charge is -2.28. The Balaban J connectivity index is 4.45. The van der Waals surface area contributed by atoms with Crippen molar-refractivity contribution in [2.75, 3.05) is 7.11 Å². The van der Waals surface area contributed by atoms with Crippen molar-refractivity contribution in [3.63, 3.8) is 0 Å². The van der Waals surface area contributed by atoms with E-state index in [4.69, 9.17) is 15.6 Å². The third-order valence-electron chi connectivity index (χ3n) is 2.02. The molecule has 0 aromatic carbocycles. The van der Waals surface area contributed by atoms with E-state index in [1.54, 1.807) is 6.92 Å². The molecule has 4 heteroatoms. The summed E-state index contributed by atoms with van der Waals surface area (Å²) in [6.45, 7) is 3.62. The van der Waals surface area contributed by atoms with Gasteiger partial charge in [-0.3, -0.25) is 5.73 Å². The van der Waals surface area contributed by atoms with E-state index in [-0.39, 0.29) is 5.92 Å². The SMILES string of the molecule is CC[C@H](C)[C@@](N)(OC)C(=O)O. The van der Waals surface area contributed by atoms with Gasteiger partial charge in [-0.15, -0.1) is 0 Å². The minimum Gasteiger partial charge on any atom is -0.478 e. The summed E-state index contributed by atoms with van der Waals surface area (Å²) < 4.78 is 4.73. The van der Waals surface area contributed by atoms with E-state index in [0.717, 1.165) is 0 Å². The van der Waals surface area contributed by atoms with E-state index in [1.165, 1.54) is 7.11 Å². The van der Waals surface area contributed by atoms with Gasteiger partial charge in [-0.25, -0.2) is 4.79 Å². The van der Waals surface area contributed by atoms with Crippen molar-refractivity contribution < 1.29 is 14.6 Å². The third kappa shape index (κ3) is 1.91. The second kappa shape index (κ2) is 3.69. The minimum atomic E-state index is -1.53. The fourth-order valence-electron chi connectivity index (χ4n) is 0.803. The number of carboxylic acids is 1. The highest BCUT2D eigenvalue weighted by Crippen LogP contribution is 2.18. The molecule has 2 atom stereocenters. The number of carbonyl (C=O) groups is 1. The first-order valence-corrected chi connectivity index (χ1v) is 3.56. The van der Waals surface area contributed by atoms with Gasteiger partial charge in [0.1, 0.15) is 0 Å². The van der Waals surface area contributed by atoms with E-state index < -0.39 is 11.7 Å². The normalized spacial score (nSPS) is 18.9. The van der Waals surface area contributed by atoms with Crippen molar-refractivity contribution in [3.8, 4) is 0 Å². The maximum Gasteiger partial charge on any atom is 0.351 e. The number of methoxy groups -OCH3 is 1. The summed E-state index contributed by atoms with van der Waals surface area (Å²) in [6.07, 6.45) is 0.677. The smallest absolute Gasteiger partial charge is 0.351 e. The maximum absolute atomic E-state index is 10.6. The lowest BCUT2D eigenvalue weighted by atomic mass is 9.96. The second-order valence-corrected chi connectivity index (χ2v) is 2.61. The van der Waals surface area contributed by atoms with Crippen LogP contribution >= 0.6 is 0 Å². The number of ether oxygens (including phenoxy) is 1. The van der Waals surface area contributed by atoms with Gasteiger partial charge in [-0.05, 0) is 6.42 Å². The van der Waals surface area contributed by atoms with Gasteiger partial charge in [-0.1, -0.05) is 13.8 Å². The summed E-state index contributed by atoms with van der Waals surface area (Å²) in [5.41, 5.74) is 3.94. The Morgan fingerprint density at radius 3 is 2.36 bits per heavy atom. The number of hydrogen-bond donors (Lipinski definition) is 2. The Kier molecular flexibility index (Phi) is 3.48. The zero-order chi connectivity index (χ0) is 9.07. The Labute approximate surface area is 66.3 Å². The molecule has 0 aliphatic heterocycles. The minimum absolute atomic E-state index is 0.190. The number of aliphatic carboxylic acids is 1. The van der Waals surface area contributed by atoms with E-state index >= 15 is 0 Å². The summed E-state index contributed by atoms with van der Waals surface area (Å²) in [4.78, 5) is 10.6. The molecule has 0 heterocycles. The van der Waals surface area contributed by atoms with Gasteiger partial charge < -0.3 is 9.84 Å². The van der Waals surface area contributed by atoms with Crippen LogP contribution in [0.15, 0.2) is 0 Å². The van der Waals surface area contributed by atoms with Crippen molar-refractivity contribution in [2.45, 2.75) is 26.0 Å². The molecule has 0 amide bonds. The quantitative estimate of drug-likeness (QED) is 0.586. The Morgan fingerprint density at radius 1 is 1.82 bits per heavy atom. The van der Waals surface area contributed by atoms with Crippen molar-refractivity contribution in [1.82, 2.24) is 0 Å². The van der Waals surface area contributed by atoms with Crippen LogP contribution in [0.5, 0.6) is 0 Å². The van der Waals surface area contributed by atoms with Crippen LogP contribution in [0, 0.1) is 5.92 Å². The zero-order valence-corrected chi connectivity index (χ0v) is 7.13. The molecule has 3 N–H and O–H groups in total. The molecule has 0 unspecified atom stereocenters. The number of rotatable bonds is 4. The lowest BCUT2D eigenvalue weighted by Crippen LogP contribution is -2.54. The van der Waals surface area contributed by atoms with Gasteiger partial charge in [0, 0.05) is 13.0 Å². The summed E-state index contributed by atoms with van der Waals surface area (Å²) in [5.74, 6) is -1.31. The van der Waals surface area contributed by atoms with Crippen molar-refractivity contribution >= 4 is 5.97 Å². The van der Waals surface area contributed by atoms with Crippen molar-refractivity contribution in [3.05, 3.63) is 0 Å². The molecule has 0 spiro atoms. The van der Waals surface area contributed by atoms with Crippen LogP contribution in [0.1, 0.15) is 20.3 Å². The van der Waals surface area contributed by atoms with Crippen molar-refractivity contribution in [2.24, 2.45) is 11.7 Å². The highest BCUT2D eigenvalue weighted by atomic mass is 16.5. The molecule has 4 nitrogen and oxygen atoms in total. The third-order valence-corrected chi connectivity index (χ3v) is 2.02. The largest absolute Gasteiger partial charge is 0.478 e. The van der Waals surface area contributed by atoms with E-state index in [9.17, 15) is 4.79 Å². The molecule has 0 saturated heterocycles. The molecule has 0 rings (SSSR count). The Morgan fingerprint density at radius 2 is 2.27 bits per heavy atom. The van der Waals surface area contributed by atoms with E-state index in [1.807, 2.05) is 6.92 Å². The molecule has 0 aliphatic rings. The molecular formula is C7H15NO3. The van der Waals surface area contributed by atoms with Crippen molar-refractivity contribution in [1.29, 1.82) is 0 Å². The fraction of sp³-hybridized carbons (Fsp3) is 0.857. The van der Waals surface area contributed by atoms with E-state index in [0.29, 0.717) is 6.42 Å². The fourth-order valence-corrected chi connectivity index (χ4v) is 0.803. The first-order valence-electron chi connectivity index (χ1n) is 3.56. The highest BCUT2D eigenvalue weighted by Gasteiger charge is 2.38. The zero-order valence-electron chi connectivity index (χ0n) is 7.13. The predicted octanol–water partition coefficient (Wildman–Crippen LogP) is 0.418. The molecule has 0 aliphatic carbocycles. The monoisotopic (exact) mass is 161 g/mol. The van der Waals surface area contributed by atoms with Crippen LogP contribution in [-0.2, 0) is 9.53 Å². The average Bonchev–Trinajstić information content (AvgIpc) is 2.01. The molecule has 0 saturated carbocycles. The molecule has 0 radical (unpaired) electrons. The molecule has 0 fully saturated rings. The average molecular weight is 161 g/mol. The highest BCUT2D eigenvalue weighted by molar-refractivity contribution is 5.76. The predicted molar refractivity (Wildman–Crippen MR) is 41.0 cm³/mol. The number of nitrogens with two attached hydrogens (primary N) is 1. The van der Waals surface area contributed by atoms with Gasteiger partial charge in [0.25, 0.3) is 0 Å². The van der Waals surface area contributed by atoms with Crippen LogP contribution in [-0.4, -0.2) is 23.9 Å². The molecule has 0 aromatic heterocycles. The molecule has 66 valence electrons. The first kappa shape index (κ1) is 10.4. The van der Waals surface area contributed by atoms with Gasteiger partial charge in [0.15, 0.2) is 0 Å². The summed E-state index contributed by atoms with van der Waals surface area (Å²) >= 11 is 0. The summed E-state index contributed by atoms with van der Waals surface area (Å²) in [6, 6.07) is 0. The number of carboxylic acid groups (broad SMARTS) is 1. The van der Waals surface area contributed by atoms with Crippen LogP contribution < -0.4 is 5.73 Å². The van der Waals surface area contributed by atoms with Gasteiger partial charge in [0.05, 0.1) is 0 Å². The molecule has 0 aromatic rings. The van der Waals surface area contributed by atoms with Crippen LogP contribution in [0.4, 0.5) is 0 Å². The van der Waals surface area contributed by atoms with E-state index in [2.05, 4.69) is 0 Å². The van der Waals surface area contributed by atoms with Gasteiger partial charge in [-0.2, -0.15) is 0 Å². The first-order chi connectivity index (χ1) is 4.99. The van der Waals surface area contributed by atoms with Crippen LogP contribution in [0.25, 0.3) is 0 Å². The Bertz CT molecular complexity index is 149.